The number of carbonyl (C=O) groups excluding carboxylic acids is 1. The van der Waals surface area contributed by atoms with E-state index < -0.39 is 0 Å². The van der Waals surface area contributed by atoms with Gasteiger partial charge in [0, 0.05) is 28.2 Å². The number of thiazole rings is 1. The Morgan fingerprint density at radius 3 is 3.14 bits per heavy atom. The summed E-state index contributed by atoms with van der Waals surface area (Å²) in [6.45, 7) is 1.06. The van der Waals surface area contributed by atoms with Crippen LogP contribution in [0.25, 0.3) is 0 Å². The molecule has 0 radical (unpaired) electrons. The molecule has 22 heavy (non-hydrogen) atoms. The summed E-state index contributed by atoms with van der Waals surface area (Å²) in [5.74, 6) is -0.0642. The largest absolute Gasteiger partial charge is 0.375 e. The molecule has 2 aromatic heterocycles. The standard InChI is InChI=1S/C15H15ClN4OS/c16-10-4-5-18-11-7-20(6-9(10)11)14(21)8-2-1-3-12-13(8)19-15(17)22-12/h4-5,8H,1-3,6-7H2,(H2,17,19). The maximum atomic E-state index is 12.9. The van der Waals surface area contributed by atoms with Crippen LogP contribution in [0.5, 0.6) is 0 Å². The molecular weight excluding hydrogens is 320 g/mol. The first kappa shape index (κ1) is 14.0. The molecular formula is C15H15ClN4OS. The first-order valence-electron chi connectivity index (χ1n) is 7.29. The van der Waals surface area contributed by atoms with E-state index in [4.69, 9.17) is 17.3 Å². The number of nitrogens with two attached hydrogens (primary N) is 1. The number of carbonyl (C=O) groups is 1. The third-order valence-corrected chi connectivity index (χ3v) is 5.67. The molecule has 1 aliphatic carbocycles. The monoisotopic (exact) mass is 334 g/mol. The minimum absolute atomic E-state index is 0.111. The van der Waals surface area contributed by atoms with Gasteiger partial charge in [0.15, 0.2) is 5.13 Å². The van der Waals surface area contributed by atoms with Crippen LogP contribution in [0.2, 0.25) is 5.02 Å². The van der Waals surface area contributed by atoms with E-state index >= 15 is 0 Å². The smallest absolute Gasteiger partial charge is 0.232 e. The Balaban J connectivity index is 1.61. The van der Waals surface area contributed by atoms with Crippen molar-refractivity contribution in [2.45, 2.75) is 38.3 Å². The molecule has 0 saturated heterocycles. The fourth-order valence-electron chi connectivity index (χ4n) is 3.29. The summed E-state index contributed by atoms with van der Waals surface area (Å²) in [6, 6.07) is 1.77. The molecule has 1 atom stereocenters. The first-order chi connectivity index (χ1) is 10.6. The number of fused-ring (bicyclic) bond motifs is 2. The Hall–Kier alpha value is -1.66. The molecule has 1 unspecified atom stereocenters. The molecule has 0 saturated carbocycles. The van der Waals surface area contributed by atoms with Gasteiger partial charge in [0.2, 0.25) is 5.91 Å². The number of halogens is 1. The van der Waals surface area contributed by atoms with Gasteiger partial charge < -0.3 is 10.6 Å². The highest BCUT2D eigenvalue weighted by Gasteiger charge is 2.35. The quantitative estimate of drug-likeness (QED) is 0.870. The van der Waals surface area contributed by atoms with Crippen molar-refractivity contribution >= 4 is 34.0 Å². The van der Waals surface area contributed by atoms with Gasteiger partial charge in [-0.05, 0) is 25.3 Å². The highest BCUT2D eigenvalue weighted by Crippen LogP contribution is 2.38. The predicted molar refractivity (Wildman–Crippen MR) is 85.7 cm³/mol. The zero-order valence-electron chi connectivity index (χ0n) is 11.9. The lowest BCUT2D eigenvalue weighted by Gasteiger charge is -2.25. The zero-order chi connectivity index (χ0) is 15.3. The van der Waals surface area contributed by atoms with E-state index in [9.17, 15) is 4.79 Å². The fraction of sp³-hybridized carbons (Fsp3) is 0.400. The van der Waals surface area contributed by atoms with E-state index in [1.807, 2.05) is 4.90 Å². The first-order valence-corrected chi connectivity index (χ1v) is 8.49. The van der Waals surface area contributed by atoms with E-state index in [-0.39, 0.29) is 11.8 Å². The molecule has 2 N–H and O–H groups in total. The van der Waals surface area contributed by atoms with Crippen LogP contribution in [-0.2, 0) is 24.3 Å². The van der Waals surface area contributed by atoms with Crippen LogP contribution >= 0.6 is 22.9 Å². The summed E-state index contributed by atoms with van der Waals surface area (Å²) in [4.78, 5) is 24.7. The van der Waals surface area contributed by atoms with E-state index in [1.165, 1.54) is 11.3 Å². The van der Waals surface area contributed by atoms with Crippen LogP contribution in [0.4, 0.5) is 5.13 Å². The van der Waals surface area contributed by atoms with Crippen molar-refractivity contribution in [2.24, 2.45) is 0 Å². The Morgan fingerprint density at radius 1 is 1.45 bits per heavy atom. The lowest BCUT2D eigenvalue weighted by molar-refractivity contribution is -0.133. The second-order valence-electron chi connectivity index (χ2n) is 5.72. The highest BCUT2D eigenvalue weighted by molar-refractivity contribution is 7.15. The van der Waals surface area contributed by atoms with Crippen molar-refractivity contribution in [1.82, 2.24) is 14.9 Å². The lowest BCUT2D eigenvalue weighted by Crippen LogP contribution is -2.32. The summed E-state index contributed by atoms with van der Waals surface area (Å²) >= 11 is 7.71. The van der Waals surface area contributed by atoms with Crippen LogP contribution in [-0.4, -0.2) is 20.8 Å². The van der Waals surface area contributed by atoms with E-state index in [0.717, 1.165) is 41.1 Å². The van der Waals surface area contributed by atoms with Gasteiger partial charge in [0.1, 0.15) is 0 Å². The van der Waals surface area contributed by atoms with Crippen molar-refractivity contribution in [1.29, 1.82) is 0 Å². The Labute approximate surface area is 137 Å². The van der Waals surface area contributed by atoms with Crippen LogP contribution in [0, 0.1) is 0 Å². The molecule has 0 bridgehead atoms. The average Bonchev–Trinajstić information content (AvgIpc) is 3.09. The summed E-state index contributed by atoms with van der Waals surface area (Å²) in [5.41, 5.74) is 8.56. The third kappa shape index (κ3) is 2.18. The second kappa shape index (κ2) is 5.21. The lowest BCUT2D eigenvalue weighted by atomic mass is 9.90. The highest BCUT2D eigenvalue weighted by atomic mass is 35.5. The number of hydrogen-bond acceptors (Lipinski definition) is 5. The van der Waals surface area contributed by atoms with Gasteiger partial charge in [-0.1, -0.05) is 11.6 Å². The van der Waals surface area contributed by atoms with Gasteiger partial charge in [0.05, 0.1) is 23.9 Å². The maximum absolute atomic E-state index is 12.9. The molecule has 114 valence electrons. The summed E-state index contributed by atoms with van der Waals surface area (Å²) in [6.07, 6.45) is 4.50. The van der Waals surface area contributed by atoms with Crippen LogP contribution in [0.3, 0.4) is 0 Å². The van der Waals surface area contributed by atoms with E-state index in [0.29, 0.717) is 23.2 Å². The second-order valence-corrected chi connectivity index (χ2v) is 7.24. The number of pyridine rings is 1. The van der Waals surface area contributed by atoms with E-state index in [2.05, 4.69) is 9.97 Å². The summed E-state index contributed by atoms with van der Waals surface area (Å²) < 4.78 is 0. The zero-order valence-corrected chi connectivity index (χ0v) is 13.5. The number of nitrogens with zero attached hydrogens (tertiary/aromatic N) is 3. The van der Waals surface area contributed by atoms with Gasteiger partial charge in [0.25, 0.3) is 0 Å². The molecule has 2 aliphatic rings. The molecule has 0 aromatic carbocycles. The van der Waals surface area contributed by atoms with Gasteiger partial charge in [-0.15, -0.1) is 11.3 Å². The van der Waals surface area contributed by atoms with E-state index in [1.54, 1.807) is 12.3 Å². The Kier molecular flexibility index (Phi) is 3.31. The molecule has 2 aromatic rings. The third-order valence-electron chi connectivity index (χ3n) is 4.36. The predicted octanol–water partition coefficient (Wildman–Crippen LogP) is 2.74. The van der Waals surface area contributed by atoms with Crippen molar-refractivity contribution in [2.75, 3.05) is 5.73 Å². The molecule has 1 aliphatic heterocycles. The van der Waals surface area contributed by atoms with Crippen molar-refractivity contribution in [3.05, 3.63) is 39.1 Å². The normalized spacial score (nSPS) is 19.9. The molecule has 0 fully saturated rings. The number of aryl methyl sites for hydroxylation is 1. The van der Waals surface area contributed by atoms with Crippen molar-refractivity contribution < 1.29 is 4.79 Å². The van der Waals surface area contributed by atoms with Crippen LogP contribution in [0.1, 0.15) is 40.6 Å². The minimum Gasteiger partial charge on any atom is -0.375 e. The Bertz CT molecular complexity index is 760. The molecule has 4 rings (SSSR count). The molecule has 7 heteroatoms. The number of rotatable bonds is 1. The van der Waals surface area contributed by atoms with Gasteiger partial charge in [-0.25, -0.2) is 4.98 Å². The average molecular weight is 335 g/mol. The number of aromatic nitrogens is 2. The number of amides is 1. The van der Waals surface area contributed by atoms with Crippen LogP contribution in [0.15, 0.2) is 12.3 Å². The van der Waals surface area contributed by atoms with Gasteiger partial charge in [-0.2, -0.15) is 0 Å². The summed E-state index contributed by atoms with van der Waals surface area (Å²) in [5, 5.41) is 1.24. The molecule has 5 nitrogen and oxygen atoms in total. The molecule has 3 heterocycles. The van der Waals surface area contributed by atoms with Gasteiger partial charge in [-0.3, -0.25) is 9.78 Å². The topological polar surface area (TPSA) is 72.1 Å². The number of nitrogen functional groups attached to an aromatic ring is 1. The van der Waals surface area contributed by atoms with Crippen molar-refractivity contribution in [3.63, 3.8) is 0 Å². The number of anilines is 1. The van der Waals surface area contributed by atoms with Crippen LogP contribution < -0.4 is 5.73 Å². The van der Waals surface area contributed by atoms with Gasteiger partial charge >= 0.3 is 0 Å². The maximum Gasteiger partial charge on any atom is 0.232 e. The molecule has 1 amide bonds. The molecule has 0 spiro atoms. The van der Waals surface area contributed by atoms with Crippen molar-refractivity contribution in [3.8, 4) is 0 Å². The summed E-state index contributed by atoms with van der Waals surface area (Å²) in [7, 11) is 0. The Morgan fingerprint density at radius 2 is 2.32 bits per heavy atom. The number of hydrogen-bond donors (Lipinski definition) is 1. The SMILES string of the molecule is Nc1nc2c(s1)CCCC2C(=O)N1Cc2nccc(Cl)c2C1. The minimum atomic E-state index is -0.176. The fourth-order valence-corrected chi connectivity index (χ4v) is 4.45.